The maximum absolute atomic E-state index is 12.0. The number of nitrogens with one attached hydrogen (secondary N) is 2. The van der Waals surface area contributed by atoms with Crippen molar-refractivity contribution in [3.05, 3.63) is 52.6 Å². The summed E-state index contributed by atoms with van der Waals surface area (Å²) >= 11 is 5.72. The van der Waals surface area contributed by atoms with Crippen molar-refractivity contribution in [3.8, 4) is 0 Å². The molecule has 1 aliphatic heterocycles. The third-order valence-corrected chi connectivity index (χ3v) is 3.57. The molecule has 2 aromatic heterocycles. The number of amides is 1. The molecule has 6 heteroatoms. The van der Waals surface area contributed by atoms with Crippen LogP contribution in [-0.2, 0) is 24.2 Å². The molecule has 21 heavy (non-hydrogen) atoms. The van der Waals surface area contributed by atoms with E-state index in [1.165, 1.54) is 0 Å². The molecule has 2 aromatic rings. The Labute approximate surface area is 127 Å². The summed E-state index contributed by atoms with van der Waals surface area (Å²) in [6.07, 6.45) is 4.51. The first-order chi connectivity index (χ1) is 10.2. The van der Waals surface area contributed by atoms with Crippen LogP contribution in [0.1, 0.15) is 16.8 Å². The van der Waals surface area contributed by atoms with Crippen molar-refractivity contribution in [3.63, 3.8) is 0 Å². The largest absolute Gasteiger partial charge is 0.324 e. The van der Waals surface area contributed by atoms with Gasteiger partial charge in [0.1, 0.15) is 5.15 Å². The predicted octanol–water partition coefficient (Wildman–Crippen LogP) is 1.96. The van der Waals surface area contributed by atoms with Crippen molar-refractivity contribution in [1.82, 2.24) is 15.3 Å². The highest BCUT2D eigenvalue weighted by Gasteiger charge is 2.11. The Balaban J connectivity index is 1.65. The van der Waals surface area contributed by atoms with Crippen LogP contribution in [0.2, 0.25) is 5.15 Å². The van der Waals surface area contributed by atoms with Crippen LogP contribution in [0, 0.1) is 0 Å². The number of fused-ring (bicyclic) bond motifs is 1. The Kier molecular flexibility index (Phi) is 4.13. The molecule has 0 radical (unpaired) electrons. The van der Waals surface area contributed by atoms with Crippen molar-refractivity contribution in [2.45, 2.75) is 19.4 Å². The molecule has 5 nitrogen and oxygen atoms in total. The van der Waals surface area contributed by atoms with E-state index in [2.05, 4.69) is 20.6 Å². The number of carbonyl (C=O) groups is 1. The molecule has 3 heterocycles. The van der Waals surface area contributed by atoms with Gasteiger partial charge >= 0.3 is 0 Å². The lowest BCUT2D eigenvalue weighted by molar-refractivity contribution is -0.115. The van der Waals surface area contributed by atoms with Gasteiger partial charge in [-0.1, -0.05) is 17.7 Å². The average Bonchev–Trinajstić information content (AvgIpc) is 2.49. The number of anilines is 1. The third-order valence-electron chi connectivity index (χ3n) is 3.35. The lowest BCUT2D eigenvalue weighted by Crippen LogP contribution is -2.25. The van der Waals surface area contributed by atoms with Gasteiger partial charge in [-0.3, -0.25) is 9.78 Å². The standard InChI is InChI=1S/C15H15ClN4O/c16-14-2-1-10(7-19-14)5-15(21)20-12-6-11-8-17-4-3-13(11)18-9-12/h1-2,6-7,9,17H,3-5,8H2,(H,20,21). The summed E-state index contributed by atoms with van der Waals surface area (Å²) in [7, 11) is 0. The van der Waals surface area contributed by atoms with E-state index in [9.17, 15) is 4.79 Å². The van der Waals surface area contributed by atoms with Crippen LogP contribution in [0.25, 0.3) is 0 Å². The summed E-state index contributed by atoms with van der Waals surface area (Å²) in [6.45, 7) is 1.75. The summed E-state index contributed by atoms with van der Waals surface area (Å²) in [5.74, 6) is -0.0929. The van der Waals surface area contributed by atoms with Crippen molar-refractivity contribution in [1.29, 1.82) is 0 Å². The fourth-order valence-corrected chi connectivity index (χ4v) is 2.43. The highest BCUT2D eigenvalue weighted by atomic mass is 35.5. The Morgan fingerprint density at radius 3 is 3.05 bits per heavy atom. The second kappa shape index (κ2) is 6.20. The van der Waals surface area contributed by atoms with Gasteiger partial charge in [-0.05, 0) is 23.3 Å². The van der Waals surface area contributed by atoms with E-state index in [0.29, 0.717) is 5.15 Å². The quantitative estimate of drug-likeness (QED) is 0.851. The van der Waals surface area contributed by atoms with Gasteiger partial charge in [0, 0.05) is 31.4 Å². The van der Waals surface area contributed by atoms with E-state index in [0.717, 1.165) is 42.0 Å². The second-order valence-corrected chi connectivity index (χ2v) is 5.36. The van der Waals surface area contributed by atoms with Crippen LogP contribution < -0.4 is 10.6 Å². The molecule has 0 unspecified atom stereocenters. The maximum atomic E-state index is 12.0. The highest BCUT2D eigenvalue weighted by Crippen LogP contribution is 2.16. The molecule has 0 saturated carbocycles. The van der Waals surface area contributed by atoms with Crippen molar-refractivity contribution in [2.24, 2.45) is 0 Å². The van der Waals surface area contributed by atoms with Crippen molar-refractivity contribution < 1.29 is 4.79 Å². The van der Waals surface area contributed by atoms with Crippen LogP contribution in [0.15, 0.2) is 30.6 Å². The zero-order valence-electron chi connectivity index (χ0n) is 11.4. The van der Waals surface area contributed by atoms with Gasteiger partial charge in [-0.2, -0.15) is 0 Å². The fourth-order valence-electron chi connectivity index (χ4n) is 2.32. The van der Waals surface area contributed by atoms with Crippen LogP contribution in [-0.4, -0.2) is 22.4 Å². The first kappa shape index (κ1) is 14.0. The fraction of sp³-hybridized carbons (Fsp3) is 0.267. The maximum Gasteiger partial charge on any atom is 0.228 e. The number of carbonyl (C=O) groups excluding carboxylic acids is 1. The van der Waals surface area contributed by atoms with E-state index < -0.39 is 0 Å². The smallest absolute Gasteiger partial charge is 0.228 e. The number of nitrogens with zero attached hydrogens (tertiary/aromatic N) is 2. The van der Waals surface area contributed by atoms with Gasteiger partial charge in [-0.15, -0.1) is 0 Å². The second-order valence-electron chi connectivity index (χ2n) is 4.97. The van der Waals surface area contributed by atoms with Crippen molar-refractivity contribution in [2.75, 3.05) is 11.9 Å². The van der Waals surface area contributed by atoms with Gasteiger partial charge in [0.2, 0.25) is 5.91 Å². The Hall–Kier alpha value is -1.98. The van der Waals surface area contributed by atoms with Crippen LogP contribution in [0.5, 0.6) is 0 Å². The number of hydrogen-bond donors (Lipinski definition) is 2. The minimum absolute atomic E-state index is 0.0929. The minimum Gasteiger partial charge on any atom is -0.324 e. The first-order valence-corrected chi connectivity index (χ1v) is 7.17. The van der Waals surface area contributed by atoms with Crippen molar-refractivity contribution >= 4 is 23.2 Å². The molecule has 0 aromatic carbocycles. The highest BCUT2D eigenvalue weighted by molar-refractivity contribution is 6.29. The predicted molar refractivity (Wildman–Crippen MR) is 81.2 cm³/mol. The molecular weight excluding hydrogens is 288 g/mol. The lowest BCUT2D eigenvalue weighted by Gasteiger charge is -2.17. The summed E-state index contributed by atoms with van der Waals surface area (Å²) in [5, 5.41) is 6.58. The summed E-state index contributed by atoms with van der Waals surface area (Å²) in [4.78, 5) is 20.4. The van der Waals surface area contributed by atoms with E-state index >= 15 is 0 Å². The van der Waals surface area contributed by atoms with Crippen LogP contribution in [0.3, 0.4) is 0 Å². The van der Waals surface area contributed by atoms with Gasteiger partial charge in [0.15, 0.2) is 0 Å². The number of hydrogen-bond acceptors (Lipinski definition) is 4. The van der Waals surface area contributed by atoms with Gasteiger partial charge in [0.05, 0.1) is 18.3 Å². The van der Waals surface area contributed by atoms with E-state index in [4.69, 9.17) is 11.6 Å². The van der Waals surface area contributed by atoms with Crippen LogP contribution in [0.4, 0.5) is 5.69 Å². The molecule has 0 fully saturated rings. The lowest BCUT2D eigenvalue weighted by atomic mass is 10.1. The Morgan fingerprint density at radius 2 is 2.24 bits per heavy atom. The van der Waals surface area contributed by atoms with E-state index in [1.54, 1.807) is 24.5 Å². The zero-order valence-corrected chi connectivity index (χ0v) is 12.2. The zero-order chi connectivity index (χ0) is 14.7. The SMILES string of the molecule is O=C(Cc1ccc(Cl)nc1)Nc1cnc2c(c1)CNCC2. The summed E-state index contributed by atoms with van der Waals surface area (Å²) < 4.78 is 0. The summed E-state index contributed by atoms with van der Waals surface area (Å²) in [5.41, 5.74) is 3.80. The molecule has 1 amide bonds. The number of halogens is 1. The third kappa shape index (κ3) is 3.56. The monoisotopic (exact) mass is 302 g/mol. The molecule has 2 N–H and O–H groups in total. The van der Waals surface area contributed by atoms with Crippen LogP contribution >= 0.6 is 11.6 Å². The first-order valence-electron chi connectivity index (χ1n) is 6.79. The van der Waals surface area contributed by atoms with Gasteiger partial charge in [0.25, 0.3) is 0 Å². The molecule has 0 saturated heterocycles. The summed E-state index contributed by atoms with van der Waals surface area (Å²) in [6, 6.07) is 5.45. The Bertz CT molecular complexity index is 657. The molecule has 0 spiro atoms. The number of pyridine rings is 2. The normalized spacial score (nSPS) is 13.6. The molecule has 1 aliphatic rings. The topological polar surface area (TPSA) is 66.9 Å². The molecule has 0 aliphatic carbocycles. The Morgan fingerprint density at radius 1 is 1.33 bits per heavy atom. The molecule has 3 rings (SSSR count). The molecule has 0 bridgehead atoms. The van der Waals surface area contributed by atoms with Gasteiger partial charge in [-0.25, -0.2) is 4.98 Å². The van der Waals surface area contributed by atoms with E-state index in [1.807, 2.05) is 6.07 Å². The average molecular weight is 303 g/mol. The van der Waals surface area contributed by atoms with E-state index in [-0.39, 0.29) is 12.3 Å². The number of aromatic nitrogens is 2. The number of rotatable bonds is 3. The minimum atomic E-state index is -0.0929. The molecular formula is C15H15ClN4O. The molecule has 108 valence electrons. The van der Waals surface area contributed by atoms with Gasteiger partial charge < -0.3 is 10.6 Å². The molecule has 0 atom stereocenters.